The van der Waals surface area contributed by atoms with E-state index in [4.69, 9.17) is 9.47 Å². The third-order valence-corrected chi connectivity index (χ3v) is 5.90. The first-order chi connectivity index (χ1) is 10.3. The third kappa shape index (κ3) is 2.75. The number of hydrogen-bond acceptors (Lipinski definition) is 5. The summed E-state index contributed by atoms with van der Waals surface area (Å²) in [6.07, 6.45) is 6.12. The molecule has 0 bridgehead atoms. The minimum atomic E-state index is -0.397. The van der Waals surface area contributed by atoms with E-state index < -0.39 is 5.79 Å². The molecule has 0 amide bonds. The maximum atomic E-state index is 10.5. The summed E-state index contributed by atoms with van der Waals surface area (Å²) in [6.45, 7) is 6.12. The molecule has 0 aromatic heterocycles. The second kappa shape index (κ2) is 5.78. The van der Waals surface area contributed by atoms with Crippen LogP contribution in [0.5, 0.6) is 0 Å². The highest BCUT2D eigenvalue weighted by Crippen LogP contribution is 2.38. The van der Waals surface area contributed by atoms with Crippen LogP contribution in [-0.2, 0) is 9.47 Å². The molecule has 0 aromatic rings. The Kier molecular flexibility index (Phi) is 3.96. The van der Waals surface area contributed by atoms with E-state index in [2.05, 4.69) is 9.80 Å². The lowest BCUT2D eigenvalue weighted by molar-refractivity contribution is -0.205. The molecule has 120 valence electrons. The number of aliphatic hydroxyl groups excluding tert-OH is 1. The van der Waals surface area contributed by atoms with Crippen LogP contribution in [0.25, 0.3) is 0 Å². The van der Waals surface area contributed by atoms with E-state index in [1.54, 1.807) is 0 Å². The second-order valence-corrected chi connectivity index (χ2v) is 7.17. The molecule has 3 saturated heterocycles. The van der Waals surface area contributed by atoms with Crippen molar-refractivity contribution in [3.63, 3.8) is 0 Å². The van der Waals surface area contributed by atoms with E-state index in [1.165, 1.54) is 32.4 Å². The lowest BCUT2D eigenvalue weighted by atomic mass is 9.86. The predicted molar refractivity (Wildman–Crippen MR) is 79.1 cm³/mol. The Morgan fingerprint density at radius 3 is 2.57 bits per heavy atom. The van der Waals surface area contributed by atoms with E-state index >= 15 is 0 Å². The molecular weight excluding hydrogens is 268 g/mol. The van der Waals surface area contributed by atoms with Crippen molar-refractivity contribution in [2.75, 3.05) is 39.4 Å². The van der Waals surface area contributed by atoms with Crippen LogP contribution in [0, 0.1) is 0 Å². The van der Waals surface area contributed by atoms with Gasteiger partial charge in [0, 0.05) is 31.5 Å². The van der Waals surface area contributed by atoms with Gasteiger partial charge in [-0.15, -0.1) is 0 Å². The lowest BCUT2D eigenvalue weighted by Crippen LogP contribution is -2.55. The highest BCUT2D eigenvalue weighted by atomic mass is 16.7. The molecule has 0 radical (unpaired) electrons. The van der Waals surface area contributed by atoms with Crippen LogP contribution in [-0.4, -0.2) is 78.3 Å². The third-order valence-electron chi connectivity index (χ3n) is 5.90. The summed E-state index contributed by atoms with van der Waals surface area (Å²) in [4.78, 5) is 5.18. The molecule has 21 heavy (non-hydrogen) atoms. The Morgan fingerprint density at radius 2 is 1.71 bits per heavy atom. The van der Waals surface area contributed by atoms with Gasteiger partial charge in [0.25, 0.3) is 0 Å². The van der Waals surface area contributed by atoms with Crippen molar-refractivity contribution < 1.29 is 14.6 Å². The number of fused-ring (bicyclic) bond motifs is 1. The maximum Gasteiger partial charge on any atom is 0.170 e. The summed E-state index contributed by atoms with van der Waals surface area (Å²) in [6, 6.07) is 0.903. The normalized spacial score (nSPS) is 41.3. The van der Waals surface area contributed by atoms with Gasteiger partial charge < -0.3 is 14.6 Å². The van der Waals surface area contributed by atoms with Crippen molar-refractivity contribution in [2.45, 2.75) is 62.5 Å². The molecule has 3 unspecified atom stereocenters. The average Bonchev–Trinajstić information content (AvgIpc) is 3.08. The van der Waals surface area contributed by atoms with Gasteiger partial charge in [0.2, 0.25) is 0 Å². The number of rotatable bonds is 1. The van der Waals surface area contributed by atoms with E-state index in [9.17, 15) is 5.11 Å². The van der Waals surface area contributed by atoms with Crippen molar-refractivity contribution in [3.8, 4) is 0 Å². The zero-order valence-corrected chi connectivity index (χ0v) is 12.9. The average molecular weight is 296 g/mol. The molecule has 4 fully saturated rings. The molecule has 4 aliphatic rings. The minimum Gasteiger partial charge on any atom is -0.391 e. The minimum absolute atomic E-state index is 0.206. The highest BCUT2D eigenvalue weighted by molar-refractivity contribution is 4.96. The monoisotopic (exact) mass is 296 g/mol. The van der Waals surface area contributed by atoms with Gasteiger partial charge in [-0.25, -0.2) is 0 Å². The van der Waals surface area contributed by atoms with Gasteiger partial charge in [0.15, 0.2) is 5.79 Å². The highest BCUT2D eigenvalue weighted by Gasteiger charge is 2.47. The summed E-state index contributed by atoms with van der Waals surface area (Å²) in [5, 5.41) is 10.5. The van der Waals surface area contributed by atoms with Gasteiger partial charge in [-0.05, 0) is 45.3 Å². The number of hydrogen-bond donors (Lipinski definition) is 1. The van der Waals surface area contributed by atoms with Crippen molar-refractivity contribution in [3.05, 3.63) is 0 Å². The molecule has 1 spiro atoms. The smallest absolute Gasteiger partial charge is 0.170 e. The van der Waals surface area contributed by atoms with Crippen LogP contribution >= 0.6 is 0 Å². The zero-order chi connectivity index (χ0) is 14.3. The maximum absolute atomic E-state index is 10.5. The molecule has 3 atom stereocenters. The molecule has 1 saturated carbocycles. The number of ether oxygens (including phenoxy) is 2. The van der Waals surface area contributed by atoms with Gasteiger partial charge >= 0.3 is 0 Å². The Labute approximate surface area is 127 Å². The molecule has 5 nitrogen and oxygen atoms in total. The van der Waals surface area contributed by atoms with E-state index in [0.717, 1.165) is 32.4 Å². The Balaban J connectivity index is 1.47. The molecule has 4 rings (SSSR count). The summed E-state index contributed by atoms with van der Waals surface area (Å²) in [7, 11) is 0. The van der Waals surface area contributed by atoms with Crippen molar-refractivity contribution in [1.82, 2.24) is 9.80 Å². The van der Waals surface area contributed by atoms with Crippen molar-refractivity contribution >= 4 is 0 Å². The Morgan fingerprint density at radius 1 is 0.952 bits per heavy atom. The lowest BCUT2D eigenvalue weighted by Gasteiger charge is -2.44. The van der Waals surface area contributed by atoms with Crippen LogP contribution in [0.1, 0.15) is 38.5 Å². The molecule has 3 aliphatic heterocycles. The van der Waals surface area contributed by atoms with Crippen molar-refractivity contribution in [2.24, 2.45) is 0 Å². The first-order valence-corrected chi connectivity index (χ1v) is 8.70. The fourth-order valence-corrected chi connectivity index (χ4v) is 4.78. The summed E-state index contributed by atoms with van der Waals surface area (Å²) >= 11 is 0. The van der Waals surface area contributed by atoms with Crippen LogP contribution in [0.4, 0.5) is 0 Å². The fourth-order valence-electron chi connectivity index (χ4n) is 4.78. The first-order valence-electron chi connectivity index (χ1n) is 8.70. The van der Waals surface area contributed by atoms with Gasteiger partial charge in [0.05, 0.1) is 19.3 Å². The van der Waals surface area contributed by atoms with Crippen LogP contribution in [0.15, 0.2) is 0 Å². The van der Waals surface area contributed by atoms with Crippen LogP contribution < -0.4 is 0 Å². The molecule has 1 aliphatic carbocycles. The number of nitrogens with zero attached hydrogens (tertiary/aromatic N) is 2. The quantitative estimate of drug-likeness (QED) is 0.776. The van der Waals surface area contributed by atoms with E-state index in [1.807, 2.05) is 0 Å². The van der Waals surface area contributed by atoms with E-state index in [0.29, 0.717) is 19.3 Å². The second-order valence-electron chi connectivity index (χ2n) is 7.17. The molecular formula is C16H28N2O3. The van der Waals surface area contributed by atoms with Crippen LogP contribution in [0.2, 0.25) is 0 Å². The first kappa shape index (κ1) is 14.4. The Hall–Kier alpha value is -0.200. The SMILES string of the molecule is OC1CCC2(CC1N1CCCN3CCCC3C1)OCCO2. The molecule has 0 aromatic carbocycles. The summed E-state index contributed by atoms with van der Waals surface area (Å²) in [5.74, 6) is -0.397. The fraction of sp³-hybridized carbons (Fsp3) is 1.00. The van der Waals surface area contributed by atoms with Gasteiger partial charge in [-0.1, -0.05) is 0 Å². The summed E-state index contributed by atoms with van der Waals surface area (Å²) in [5.41, 5.74) is 0. The molecule has 3 heterocycles. The van der Waals surface area contributed by atoms with Gasteiger partial charge in [-0.3, -0.25) is 9.80 Å². The van der Waals surface area contributed by atoms with Crippen molar-refractivity contribution in [1.29, 1.82) is 0 Å². The van der Waals surface area contributed by atoms with Crippen LogP contribution in [0.3, 0.4) is 0 Å². The van der Waals surface area contributed by atoms with E-state index in [-0.39, 0.29) is 12.1 Å². The molecule has 1 N–H and O–H groups in total. The zero-order valence-electron chi connectivity index (χ0n) is 12.9. The topological polar surface area (TPSA) is 45.2 Å². The summed E-state index contributed by atoms with van der Waals surface area (Å²) < 4.78 is 11.8. The predicted octanol–water partition coefficient (Wildman–Crippen LogP) is 0.813. The van der Waals surface area contributed by atoms with Gasteiger partial charge in [-0.2, -0.15) is 0 Å². The Bertz CT molecular complexity index is 373. The molecule has 5 heteroatoms. The van der Waals surface area contributed by atoms with Gasteiger partial charge in [0.1, 0.15) is 0 Å². The largest absolute Gasteiger partial charge is 0.391 e. The standard InChI is InChI=1S/C16H28N2O3/c19-15-4-5-16(20-9-10-21-16)11-14(15)18-8-2-7-17-6-1-3-13(17)12-18/h13-15,19H,1-12H2. The number of aliphatic hydroxyl groups is 1.